The van der Waals surface area contributed by atoms with Crippen molar-refractivity contribution in [2.45, 2.75) is 62.8 Å². The fourth-order valence-corrected chi connectivity index (χ4v) is 6.31. The smallest absolute Gasteiger partial charge is 0.243 e. The van der Waals surface area contributed by atoms with Crippen LogP contribution in [-0.2, 0) is 10.0 Å². The number of hydrogen-bond acceptors (Lipinski definition) is 3. The van der Waals surface area contributed by atoms with Gasteiger partial charge in [-0.25, -0.2) is 8.42 Å². The molecular formula is C19H27ClN2O2S2. The molecule has 1 heterocycles. The van der Waals surface area contributed by atoms with Crippen molar-refractivity contribution in [3.63, 3.8) is 0 Å². The molecule has 1 aromatic carbocycles. The summed E-state index contributed by atoms with van der Waals surface area (Å²) < 4.78 is 27.8. The van der Waals surface area contributed by atoms with Gasteiger partial charge >= 0.3 is 0 Å². The van der Waals surface area contributed by atoms with E-state index in [1.807, 2.05) is 0 Å². The molecule has 26 heavy (non-hydrogen) atoms. The zero-order chi connectivity index (χ0) is 18.7. The van der Waals surface area contributed by atoms with E-state index in [2.05, 4.69) is 5.32 Å². The average Bonchev–Trinajstić information content (AvgIpc) is 2.64. The van der Waals surface area contributed by atoms with Crippen LogP contribution in [0.1, 0.15) is 50.5 Å². The van der Waals surface area contributed by atoms with Crippen molar-refractivity contribution in [2.75, 3.05) is 13.1 Å². The summed E-state index contributed by atoms with van der Waals surface area (Å²) in [5.74, 6) is 0.0925. The van der Waals surface area contributed by atoms with Gasteiger partial charge in [-0.05, 0) is 50.3 Å². The Morgan fingerprint density at radius 3 is 2.65 bits per heavy atom. The fourth-order valence-electron chi connectivity index (χ4n) is 3.95. The van der Waals surface area contributed by atoms with Crippen molar-refractivity contribution in [3.8, 4) is 0 Å². The summed E-state index contributed by atoms with van der Waals surface area (Å²) in [6.07, 6.45) is 7.90. The molecule has 0 spiro atoms. The van der Waals surface area contributed by atoms with Gasteiger partial charge in [-0.15, -0.1) is 0 Å². The molecule has 1 saturated carbocycles. The molecule has 3 rings (SSSR count). The van der Waals surface area contributed by atoms with Gasteiger partial charge in [0.2, 0.25) is 10.0 Å². The molecule has 2 aliphatic rings. The van der Waals surface area contributed by atoms with Crippen LogP contribution in [0.3, 0.4) is 0 Å². The minimum absolute atomic E-state index is 0.0925. The number of piperidine rings is 1. The number of sulfonamides is 1. The van der Waals surface area contributed by atoms with Crippen molar-refractivity contribution >= 4 is 38.8 Å². The first-order valence-electron chi connectivity index (χ1n) is 9.45. The number of hydrogen-bond donors (Lipinski definition) is 1. The first kappa shape index (κ1) is 20.1. The summed E-state index contributed by atoms with van der Waals surface area (Å²) in [6.45, 7) is 2.75. The molecule has 0 aromatic heterocycles. The second kappa shape index (κ2) is 8.55. The Labute approximate surface area is 167 Å². The highest BCUT2D eigenvalue weighted by atomic mass is 35.5. The summed E-state index contributed by atoms with van der Waals surface area (Å²) in [5, 5.41) is 3.99. The van der Waals surface area contributed by atoms with E-state index in [-0.39, 0.29) is 5.92 Å². The summed E-state index contributed by atoms with van der Waals surface area (Å²) in [5.41, 5.74) is 0.610. The van der Waals surface area contributed by atoms with E-state index in [0.29, 0.717) is 34.6 Å². The number of rotatable bonds is 4. The molecule has 0 bridgehead atoms. The standard InChI is InChI=1S/C19H27ClN2O2S2/c1-14-17(20)10-5-11-18(14)26(23,24)22-12-6-7-15(13-22)19(25)21-16-8-3-2-4-9-16/h5,10-11,15-16H,2-4,6-9,12-13H2,1H3,(H,21,25). The molecule has 1 aliphatic heterocycles. The predicted molar refractivity (Wildman–Crippen MR) is 110 cm³/mol. The third-order valence-corrected chi connectivity index (χ3v) is 8.41. The molecule has 2 fully saturated rings. The zero-order valence-corrected chi connectivity index (χ0v) is 17.6. The van der Waals surface area contributed by atoms with Gasteiger partial charge in [0, 0.05) is 30.1 Å². The fraction of sp³-hybridized carbons (Fsp3) is 0.632. The van der Waals surface area contributed by atoms with E-state index in [4.69, 9.17) is 23.8 Å². The van der Waals surface area contributed by atoms with Crippen molar-refractivity contribution in [3.05, 3.63) is 28.8 Å². The van der Waals surface area contributed by atoms with Gasteiger partial charge in [0.25, 0.3) is 0 Å². The number of halogens is 1. The molecule has 0 radical (unpaired) electrons. The number of nitrogens with zero attached hydrogens (tertiary/aromatic N) is 1. The maximum absolute atomic E-state index is 13.1. The summed E-state index contributed by atoms with van der Waals surface area (Å²) >= 11 is 11.8. The summed E-state index contributed by atoms with van der Waals surface area (Å²) in [7, 11) is -3.55. The van der Waals surface area contributed by atoms with Crippen molar-refractivity contribution in [1.82, 2.24) is 9.62 Å². The maximum Gasteiger partial charge on any atom is 0.243 e. The zero-order valence-electron chi connectivity index (χ0n) is 15.2. The van der Waals surface area contributed by atoms with Crippen LogP contribution in [0.4, 0.5) is 0 Å². The lowest BCUT2D eigenvalue weighted by molar-refractivity contribution is 0.307. The van der Waals surface area contributed by atoms with Crippen molar-refractivity contribution < 1.29 is 8.42 Å². The van der Waals surface area contributed by atoms with Gasteiger partial charge in [-0.1, -0.05) is 49.1 Å². The first-order valence-corrected chi connectivity index (χ1v) is 11.7. The Morgan fingerprint density at radius 2 is 1.92 bits per heavy atom. The molecular weight excluding hydrogens is 388 g/mol. The lowest BCUT2D eigenvalue weighted by Crippen LogP contribution is -2.47. The Kier molecular flexibility index (Phi) is 6.59. The minimum atomic E-state index is -3.55. The molecule has 144 valence electrons. The van der Waals surface area contributed by atoms with Gasteiger partial charge in [0.1, 0.15) is 0 Å². The average molecular weight is 415 g/mol. The van der Waals surface area contributed by atoms with E-state index < -0.39 is 10.0 Å². The monoisotopic (exact) mass is 414 g/mol. The molecule has 1 unspecified atom stereocenters. The first-order chi connectivity index (χ1) is 12.4. The number of thiocarbonyl (C=S) groups is 1. The summed E-state index contributed by atoms with van der Waals surface area (Å²) in [4.78, 5) is 1.14. The normalized spacial score (nSPS) is 22.9. The van der Waals surface area contributed by atoms with E-state index in [0.717, 1.165) is 30.7 Å². The van der Waals surface area contributed by atoms with Crippen molar-refractivity contribution in [2.24, 2.45) is 5.92 Å². The van der Waals surface area contributed by atoms with Gasteiger partial charge in [-0.3, -0.25) is 0 Å². The van der Waals surface area contributed by atoms with Gasteiger partial charge in [0.15, 0.2) is 0 Å². The van der Waals surface area contributed by atoms with Crippen LogP contribution in [-0.4, -0.2) is 36.8 Å². The molecule has 1 aromatic rings. The quantitative estimate of drug-likeness (QED) is 0.746. The van der Waals surface area contributed by atoms with Crippen LogP contribution >= 0.6 is 23.8 Å². The second-order valence-corrected chi connectivity index (χ2v) is 10.2. The van der Waals surface area contributed by atoms with E-state index in [1.54, 1.807) is 29.4 Å². The molecule has 0 amide bonds. The second-order valence-electron chi connectivity index (χ2n) is 7.41. The van der Waals surface area contributed by atoms with Crippen LogP contribution in [0.5, 0.6) is 0 Å². The molecule has 4 nitrogen and oxygen atoms in total. The predicted octanol–water partition coefficient (Wildman–Crippen LogP) is 4.30. The minimum Gasteiger partial charge on any atom is -0.377 e. The molecule has 7 heteroatoms. The maximum atomic E-state index is 13.1. The highest BCUT2D eigenvalue weighted by Gasteiger charge is 2.33. The topological polar surface area (TPSA) is 49.4 Å². The number of benzene rings is 1. The Hall–Kier alpha value is -0.690. The highest BCUT2D eigenvalue weighted by molar-refractivity contribution is 7.89. The third-order valence-electron chi connectivity index (χ3n) is 5.54. The Morgan fingerprint density at radius 1 is 1.19 bits per heavy atom. The van der Waals surface area contributed by atoms with E-state index >= 15 is 0 Å². The van der Waals surface area contributed by atoms with Gasteiger partial charge in [0.05, 0.1) is 9.88 Å². The van der Waals surface area contributed by atoms with Crippen molar-refractivity contribution in [1.29, 1.82) is 0 Å². The van der Waals surface area contributed by atoms with E-state index in [1.165, 1.54) is 19.3 Å². The van der Waals surface area contributed by atoms with Crippen LogP contribution in [0, 0.1) is 12.8 Å². The Balaban J connectivity index is 1.71. The third kappa shape index (κ3) is 4.41. The van der Waals surface area contributed by atoms with Crippen LogP contribution in [0.15, 0.2) is 23.1 Å². The van der Waals surface area contributed by atoms with Gasteiger partial charge in [-0.2, -0.15) is 4.31 Å². The SMILES string of the molecule is Cc1c(Cl)cccc1S(=O)(=O)N1CCCC(C(=S)NC2CCCCC2)C1. The molecule has 1 aliphatic carbocycles. The highest BCUT2D eigenvalue weighted by Crippen LogP contribution is 2.29. The molecule has 1 atom stereocenters. The van der Waals surface area contributed by atoms with Crippen LogP contribution < -0.4 is 5.32 Å². The Bertz CT molecular complexity index is 761. The van der Waals surface area contributed by atoms with Crippen LogP contribution in [0.25, 0.3) is 0 Å². The summed E-state index contributed by atoms with van der Waals surface area (Å²) in [6, 6.07) is 5.51. The van der Waals surface area contributed by atoms with Crippen LogP contribution in [0.2, 0.25) is 5.02 Å². The number of nitrogens with one attached hydrogen (secondary N) is 1. The largest absolute Gasteiger partial charge is 0.377 e. The molecule has 1 N–H and O–H groups in total. The van der Waals surface area contributed by atoms with E-state index in [9.17, 15) is 8.42 Å². The lowest BCUT2D eigenvalue weighted by Gasteiger charge is -2.34. The molecule has 1 saturated heterocycles. The lowest BCUT2D eigenvalue weighted by atomic mass is 9.94. The van der Waals surface area contributed by atoms with Gasteiger partial charge < -0.3 is 5.32 Å².